The monoisotopic (exact) mass is 544 g/mol. The Labute approximate surface area is 231 Å². The van der Waals surface area contributed by atoms with Crippen molar-refractivity contribution in [1.29, 1.82) is 0 Å². The Kier molecular flexibility index (Phi) is 5.83. The van der Waals surface area contributed by atoms with E-state index in [0.717, 1.165) is 22.8 Å². The van der Waals surface area contributed by atoms with Gasteiger partial charge in [-0.25, -0.2) is 13.8 Å². The highest BCUT2D eigenvalue weighted by molar-refractivity contribution is 6.06. The summed E-state index contributed by atoms with van der Waals surface area (Å²) in [5.41, 5.74) is 1.22. The lowest BCUT2D eigenvalue weighted by Gasteiger charge is -2.50. The zero-order valence-electron chi connectivity index (χ0n) is 22.6. The maximum absolute atomic E-state index is 14.2. The summed E-state index contributed by atoms with van der Waals surface area (Å²) in [5, 5.41) is 5.79. The van der Waals surface area contributed by atoms with E-state index in [0.29, 0.717) is 42.8 Å². The molecule has 0 bridgehead atoms. The predicted molar refractivity (Wildman–Crippen MR) is 145 cm³/mol. The molecule has 2 atom stereocenters. The highest BCUT2D eigenvalue weighted by atomic mass is 19.1. The van der Waals surface area contributed by atoms with Crippen molar-refractivity contribution >= 4 is 29.2 Å². The molecule has 1 aromatic heterocycles. The van der Waals surface area contributed by atoms with Crippen molar-refractivity contribution in [3.63, 3.8) is 0 Å². The molecule has 3 heterocycles. The van der Waals surface area contributed by atoms with Gasteiger partial charge in [-0.05, 0) is 79.6 Å². The Bertz CT molecular complexity index is 1570. The molecule has 1 aliphatic carbocycles. The summed E-state index contributed by atoms with van der Waals surface area (Å²) in [5.74, 6) is -1.63. The van der Waals surface area contributed by atoms with Gasteiger partial charge in [-0.1, -0.05) is 26.0 Å². The van der Waals surface area contributed by atoms with Gasteiger partial charge in [0.25, 0.3) is 0 Å². The Morgan fingerprint density at radius 3 is 2.48 bits per heavy atom. The number of aromatic nitrogens is 1. The number of nitrogens with zero attached hydrogens (tertiary/aromatic N) is 2. The molecule has 1 saturated heterocycles. The first-order chi connectivity index (χ1) is 18.9. The van der Waals surface area contributed by atoms with Gasteiger partial charge in [-0.2, -0.15) is 0 Å². The second-order valence-electron chi connectivity index (χ2n) is 12.0. The zero-order valence-corrected chi connectivity index (χ0v) is 22.6. The summed E-state index contributed by atoms with van der Waals surface area (Å²) in [4.78, 5) is 45.6. The fourth-order valence-electron chi connectivity index (χ4n) is 6.49. The highest BCUT2D eigenvalue weighted by Crippen LogP contribution is 2.47. The molecule has 2 aliphatic heterocycles. The van der Waals surface area contributed by atoms with Gasteiger partial charge in [-0.15, -0.1) is 0 Å². The van der Waals surface area contributed by atoms with E-state index in [1.165, 1.54) is 17.0 Å². The van der Waals surface area contributed by atoms with Gasteiger partial charge in [-0.3, -0.25) is 14.4 Å². The number of hydrogen-bond donors (Lipinski definition) is 2. The molecule has 3 aromatic rings. The first kappa shape index (κ1) is 26.1. The lowest BCUT2D eigenvalue weighted by Crippen LogP contribution is -2.58. The van der Waals surface area contributed by atoms with Gasteiger partial charge in [0.2, 0.25) is 17.7 Å². The number of hydrogen-bond acceptors (Lipinski definition) is 4. The molecule has 6 rings (SSSR count). The van der Waals surface area contributed by atoms with Crippen molar-refractivity contribution in [2.24, 2.45) is 5.41 Å². The molecule has 0 saturated carbocycles. The number of likely N-dealkylation sites (tertiary alicyclic amines) is 1. The Balaban J connectivity index is 1.24. The van der Waals surface area contributed by atoms with E-state index in [4.69, 9.17) is 0 Å². The summed E-state index contributed by atoms with van der Waals surface area (Å²) in [7, 11) is 0. The molecule has 1 unspecified atom stereocenters. The molecular weight excluding hydrogens is 514 g/mol. The number of fused-ring (bicyclic) bond motifs is 3. The molecule has 3 aliphatic rings. The number of halogens is 2. The fourth-order valence-corrected chi connectivity index (χ4v) is 6.49. The average Bonchev–Trinajstić information content (AvgIpc) is 3.41. The zero-order chi connectivity index (χ0) is 28.4. The topological polar surface area (TPSA) is 91.4 Å². The van der Waals surface area contributed by atoms with E-state index in [1.807, 2.05) is 38.1 Å². The molecule has 7 nitrogen and oxygen atoms in total. The molecule has 206 valence electrons. The Hall–Kier alpha value is -4.14. The average molecular weight is 545 g/mol. The normalized spacial score (nSPS) is 24.6. The summed E-state index contributed by atoms with van der Waals surface area (Å²) in [6, 6.07) is 12.6. The third-order valence-electron chi connectivity index (χ3n) is 8.91. The van der Waals surface area contributed by atoms with E-state index in [9.17, 15) is 23.2 Å². The number of carbonyl (C=O) groups is 3. The number of pyridine rings is 1. The Morgan fingerprint density at radius 2 is 1.73 bits per heavy atom. The van der Waals surface area contributed by atoms with Gasteiger partial charge in [0.15, 0.2) is 0 Å². The molecular formula is C31H30F2N4O3. The molecule has 1 fully saturated rings. The number of amides is 3. The smallest absolute Gasteiger partial charge is 0.244 e. The summed E-state index contributed by atoms with van der Waals surface area (Å²) >= 11 is 0. The number of piperidine rings is 1. The molecule has 40 heavy (non-hydrogen) atoms. The van der Waals surface area contributed by atoms with Crippen molar-refractivity contribution in [2.75, 3.05) is 17.2 Å². The first-order valence-electron chi connectivity index (χ1n) is 13.4. The standard InChI is InChI=1S/C31H30F2N4O3/c1-29(2)8-9-30(3,20-12-21(32)14-22(33)13-20)37(28(29)40)17-25(38)35-23-7-6-18-15-31(16-19(18)11-23)24-5-4-10-34-26(24)36-27(31)39/h4-7,10-14H,8-9,15-17H2,1-3H3,(H,35,38)(H,34,36,39)/t30-,31?/m0/s1. The summed E-state index contributed by atoms with van der Waals surface area (Å²) in [6.45, 7) is 5.10. The van der Waals surface area contributed by atoms with Crippen molar-refractivity contribution in [3.8, 4) is 0 Å². The van der Waals surface area contributed by atoms with Crippen LogP contribution in [0.15, 0.2) is 54.7 Å². The third-order valence-corrected chi connectivity index (χ3v) is 8.91. The van der Waals surface area contributed by atoms with Crippen LogP contribution in [0.25, 0.3) is 0 Å². The van der Waals surface area contributed by atoms with Crippen LogP contribution in [0.2, 0.25) is 0 Å². The molecule has 2 N–H and O–H groups in total. The quantitative estimate of drug-likeness (QED) is 0.491. The minimum absolute atomic E-state index is 0.0812. The molecule has 2 aromatic carbocycles. The number of anilines is 2. The number of carbonyl (C=O) groups excluding carboxylic acids is 3. The summed E-state index contributed by atoms with van der Waals surface area (Å²) in [6.07, 6.45) is 3.63. The second-order valence-corrected chi connectivity index (χ2v) is 12.0. The van der Waals surface area contributed by atoms with E-state index in [-0.39, 0.29) is 18.4 Å². The molecule has 9 heteroatoms. The van der Waals surface area contributed by atoms with Crippen LogP contribution >= 0.6 is 0 Å². The fraction of sp³-hybridized carbons (Fsp3) is 0.355. The van der Waals surface area contributed by atoms with E-state index < -0.39 is 33.9 Å². The maximum Gasteiger partial charge on any atom is 0.244 e. The van der Waals surface area contributed by atoms with Crippen molar-refractivity contribution in [2.45, 2.75) is 57.4 Å². The van der Waals surface area contributed by atoms with Gasteiger partial charge < -0.3 is 15.5 Å². The highest BCUT2D eigenvalue weighted by Gasteiger charge is 2.51. The van der Waals surface area contributed by atoms with Gasteiger partial charge in [0.05, 0.1) is 11.0 Å². The van der Waals surface area contributed by atoms with Gasteiger partial charge in [0.1, 0.15) is 24.0 Å². The predicted octanol–water partition coefficient (Wildman–Crippen LogP) is 4.85. The van der Waals surface area contributed by atoms with Gasteiger partial charge in [0, 0.05) is 28.9 Å². The number of nitrogens with one attached hydrogen (secondary N) is 2. The van der Waals surface area contributed by atoms with Crippen LogP contribution < -0.4 is 10.6 Å². The van der Waals surface area contributed by atoms with E-state index in [2.05, 4.69) is 15.6 Å². The minimum Gasteiger partial charge on any atom is -0.325 e. The van der Waals surface area contributed by atoms with E-state index in [1.54, 1.807) is 19.2 Å². The van der Waals surface area contributed by atoms with Crippen LogP contribution in [0, 0.1) is 17.0 Å². The first-order valence-corrected chi connectivity index (χ1v) is 13.4. The van der Waals surface area contributed by atoms with Crippen LogP contribution in [0.3, 0.4) is 0 Å². The lowest BCUT2D eigenvalue weighted by molar-refractivity contribution is -0.156. The third kappa shape index (κ3) is 4.06. The van der Waals surface area contributed by atoms with Crippen molar-refractivity contribution < 1.29 is 23.2 Å². The van der Waals surface area contributed by atoms with Crippen LogP contribution in [0.5, 0.6) is 0 Å². The molecule has 0 radical (unpaired) electrons. The van der Waals surface area contributed by atoms with Crippen molar-refractivity contribution in [3.05, 3.63) is 88.6 Å². The largest absolute Gasteiger partial charge is 0.325 e. The van der Waals surface area contributed by atoms with Crippen LogP contribution in [-0.4, -0.2) is 34.2 Å². The minimum atomic E-state index is -1.06. The molecule has 1 spiro atoms. The van der Waals surface area contributed by atoms with E-state index >= 15 is 0 Å². The SMILES string of the molecule is CC1(C)CC[C@@](C)(c2cc(F)cc(F)c2)N(CC(=O)Nc2ccc3c(c2)CC2(C3)C(=O)Nc3ncccc32)C1=O. The summed E-state index contributed by atoms with van der Waals surface area (Å²) < 4.78 is 28.3. The Morgan fingerprint density at radius 1 is 1.00 bits per heavy atom. The number of benzene rings is 2. The van der Waals surface area contributed by atoms with Crippen molar-refractivity contribution in [1.82, 2.24) is 9.88 Å². The van der Waals surface area contributed by atoms with Crippen LogP contribution in [-0.2, 0) is 38.2 Å². The second kappa shape index (κ2) is 8.94. The van der Waals surface area contributed by atoms with Crippen LogP contribution in [0.1, 0.15) is 55.9 Å². The number of rotatable bonds is 4. The molecule has 3 amide bonds. The van der Waals surface area contributed by atoms with Gasteiger partial charge >= 0.3 is 0 Å². The maximum atomic E-state index is 14.2. The van der Waals surface area contributed by atoms with Crippen LogP contribution in [0.4, 0.5) is 20.3 Å². The lowest BCUT2D eigenvalue weighted by atomic mass is 9.72.